The Bertz CT molecular complexity index is 459. The largest absolute Gasteiger partial charge is 0.395 e. The van der Waals surface area contributed by atoms with Gasteiger partial charge in [-0.1, -0.05) is 0 Å². The van der Waals surface area contributed by atoms with E-state index in [1.54, 1.807) is 17.1 Å². The van der Waals surface area contributed by atoms with Crippen molar-refractivity contribution >= 4 is 5.69 Å². The molecule has 0 saturated carbocycles. The van der Waals surface area contributed by atoms with Crippen molar-refractivity contribution in [1.82, 2.24) is 14.8 Å². The molecule has 2 heterocycles. The summed E-state index contributed by atoms with van der Waals surface area (Å²) < 4.78 is 1.69. The Balaban J connectivity index is 2.57. The van der Waals surface area contributed by atoms with Crippen LogP contribution in [0, 0.1) is 13.8 Å². The monoisotopic (exact) mass is 188 g/mol. The number of hydrogen-bond donors (Lipinski definition) is 1. The normalized spacial score (nSPS) is 10.4. The zero-order chi connectivity index (χ0) is 10.1. The topological polar surface area (TPSA) is 56.7 Å². The van der Waals surface area contributed by atoms with Crippen LogP contribution in [0.1, 0.15) is 11.1 Å². The fourth-order valence-corrected chi connectivity index (χ4v) is 1.27. The lowest BCUT2D eigenvalue weighted by molar-refractivity contribution is 0.848. The van der Waals surface area contributed by atoms with Gasteiger partial charge in [-0.15, -0.1) is 0 Å². The van der Waals surface area contributed by atoms with E-state index in [9.17, 15) is 0 Å². The molecule has 0 aliphatic heterocycles. The molecule has 0 saturated heterocycles. The Morgan fingerprint density at radius 3 is 2.79 bits per heavy atom. The van der Waals surface area contributed by atoms with Crippen molar-refractivity contribution in [3.8, 4) is 5.82 Å². The Kier molecular flexibility index (Phi) is 1.96. The van der Waals surface area contributed by atoms with Gasteiger partial charge in [0.05, 0.1) is 11.9 Å². The van der Waals surface area contributed by atoms with Crippen molar-refractivity contribution in [2.24, 2.45) is 0 Å². The van der Waals surface area contributed by atoms with Gasteiger partial charge >= 0.3 is 0 Å². The number of aromatic nitrogens is 3. The SMILES string of the molecule is Cc1cnn(-c2nccc(C)c2N)c1. The first-order valence-electron chi connectivity index (χ1n) is 4.41. The smallest absolute Gasteiger partial charge is 0.176 e. The van der Waals surface area contributed by atoms with Crippen molar-refractivity contribution in [2.75, 3.05) is 5.73 Å². The minimum Gasteiger partial charge on any atom is -0.395 e. The maximum atomic E-state index is 5.90. The molecule has 4 nitrogen and oxygen atoms in total. The van der Waals surface area contributed by atoms with Gasteiger partial charge in [-0.05, 0) is 31.0 Å². The fourth-order valence-electron chi connectivity index (χ4n) is 1.27. The molecule has 2 N–H and O–H groups in total. The third-order valence-corrected chi connectivity index (χ3v) is 2.12. The Morgan fingerprint density at radius 2 is 2.14 bits per heavy atom. The Morgan fingerprint density at radius 1 is 1.36 bits per heavy atom. The molecule has 72 valence electrons. The lowest BCUT2D eigenvalue weighted by Gasteiger charge is -2.05. The van der Waals surface area contributed by atoms with Crippen LogP contribution in [-0.2, 0) is 0 Å². The highest BCUT2D eigenvalue weighted by Crippen LogP contribution is 2.17. The Labute approximate surface area is 82.4 Å². The molecule has 0 aliphatic rings. The zero-order valence-electron chi connectivity index (χ0n) is 8.23. The zero-order valence-corrected chi connectivity index (χ0v) is 8.23. The number of pyridine rings is 1. The first kappa shape index (κ1) is 8.74. The highest BCUT2D eigenvalue weighted by Gasteiger charge is 2.05. The van der Waals surface area contributed by atoms with Gasteiger partial charge in [-0.2, -0.15) is 5.10 Å². The summed E-state index contributed by atoms with van der Waals surface area (Å²) in [6.45, 7) is 3.94. The molecular weight excluding hydrogens is 176 g/mol. The molecule has 2 aromatic rings. The van der Waals surface area contributed by atoms with Gasteiger partial charge in [-0.3, -0.25) is 0 Å². The molecule has 4 heteroatoms. The first-order valence-corrected chi connectivity index (χ1v) is 4.41. The predicted octanol–water partition coefficient (Wildman–Crippen LogP) is 1.47. The van der Waals surface area contributed by atoms with Gasteiger partial charge < -0.3 is 5.73 Å². The highest BCUT2D eigenvalue weighted by molar-refractivity contribution is 5.57. The van der Waals surface area contributed by atoms with E-state index in [4.69, 9.17) is 5.73 Å². The van der Waals surface area contributed by atoms with E-state index in [-0.39, 0.29) is 0 Å². The molecular formula is C10H12N4. The van der Waals surface area contributed by atoms with Crippen LogP contribution in [0.15, 0.2) is 24.7 Å². The van der Waals surface area contributed by atoms with E-state index in [1.165, 1.54) is 0 Å². The van der Waals surface area contributed by atoms with E-state index >= 15 is 0 Å². The summed E-state index contributed by atoms with van der Waals surface area (Å²) in [5, 5.41) is 4.16. The Hall–Kier alpha value is -1.84. The average molecular weight is 188 g/mol. The third kappa shape index (κ3) is 1.35. The number of aryl methyl sites for hydroxylation is 2. The van der Waals surface area contributed by atoms with Gasteiger partial charge in [-0.25, -0.2) is 9.67 Å². The second kappa shape index (κ2) is 3.14. The second-order valence-electron chi connectivity index (χ2n) is 3.33. The van der Waals surface area contributed by atoms with Crippen LogP contribution >= 0.6 is 0 Å². The molecule has 0 atom stereocenters. The standard InChI is InChI=1S/C10H12N4/c1-7-5-13-14(6-7)10-9(11)8(2)3-4-12-10/h3-6H,11H2,1-2H3. The lowest BCUT2D eigenvalue weighted by atomic mass is 10.2. The van der Waals surface area contributed by atoms with Gasteiger partial charge in [0, 0.05) is 12.4 Å². The highest BCUT2D eigenvalue weighted by atomic mass is 15.3. The molecule has 0 aromatic carbocycles. The van der Waals surface area contributed by atoms with Crippen LogP contribution in [0.25, 0.3) is 5.82 Å². The first-order chi connectivity index (χ1) is 6.68. The van der Waals surface area contributed by atoms with Crippen molar-refractivity contribution in [1.29, 1.82) is 0 Å². The van der Waals surface area contributed by atoms with Crippen LogP contribution in [-0.4, -0.2) is 14.8 Å². The van der Waals surface area contributed by atoms with Crippen LogP contribution in [0.2, 0.25) is 0 Å². The van der Waals surface area contributed by atoms with E-state index in [0.29, 0.717) is 11.5 Å². The minimum absolute atomic E-state index is 0.676. The quantitative estimate of drug-likeness (QED) is 0.737. The van der Waals surface area contributed by atoms with E-state index < -0.39 is 0 Å². The molecule has 2 aromatic heterocycles. The van der Waals surface area contributed by atoms with Gasteiger partial charge in [0.15, 0.2) is 5.82 Å². The molecule has 0 aliphatic carbocycles. The third-order valence-electron chi connectivity index (χ3n) is 2.12. The molecule has 14 heavy (non-hydrogen) atoms. The number of nitrogen functional groups attached to an aromatic ring is 1. The fraction of sp³-hybridized carbons (Fsp3) is 0.200. The summed E-state index contributed by atoms with van der Waals surface area (Å²) in [6.07, 6.45) is 5.42. The van der Waals surface area contributed by atoms with E-state index in [2.05, 4.69) is 10.1 Å². The second-order valence-corrected chi connectivity index (χ2v) is 3.33. The van der Waals surface area contributed by atoms with Gasteiger partial charge in [0.25, 0.3) is 0 Å². The van der Waals surface area contributed by atoms with E-state index in [1.807, 2.05) is 26.1 Å². The molecule has 0 radical (unpaired) electrons. The number of rotatable bonds is 1. The summed E-state index contributed by atoms with van der Waals surface area (Å²) in [5.41, 5.74) is 8.68. The summed E-state index contributed by atoms with van der Waals surface area (Å²) in [6, 6.07) is 1.88. The van der Waals surface area contributed by atoms with Crippen molar-refractivity contribution < 1.29 is 0 Å². The summed E-state index contributed by atoms with van der Waals surface area (Å²) in [4.78, 5) is 4.20. The maximum absolute atomic E-state index is 5.90. The van der Waals surface area contributed by atoms with Crippen LogP contribution in [0.3, 0.4) is 0 Å². The van der Waals surface area contributed by atoms with Crippen molar-refractivity contribution in [3.05, 3.63) is 35.8 Å². The summed E-state index contributed by atoms with van der Waals surface area (Å²) in [5.74, 6) is 0.693. The van der Waals surface area contributed by atoms with Crippen molar-refractivity contribution in [2.45, 2.75) is 13.8 Å². The lowest BCUT2D eigenvalue weighted by Crippen LogP contribution is -2.04. The van der Waals surface area contributed by atoms with Gasteiger partial charge in [0.1, 0.15) is 0 Å². The number of nitrogens with two attached hydrogens (primary N) is 1. The summed E-state index contributed by atoms with van der Waals surface area (Å²) in [7, 11) is 0. The molecule has 0 bridgehead atoms. The number of hydrogen-bond acceptors (Lipinski definition) is 3. The number of anilines is 1. The van der Waals surface area contributed by atoms with E-state index in [0.717, 1.165) is 11.1 Å². The molecule has 0 spiro atoms. The molecule has 0 unspecified atom stereocenters. The van der Waals surface area contributed by atoms with Crippen LogP contribution in [0.5, 0.6) is 0 Å². The maximum Gasteiger partial charge on any atom is 0.176 e. The van der Waals surface area contributed by atoms with Crippen LogP contribution in [0.4, 0.5) is 5.69 Å². The molecule has 0 amide bonds. The van der Waals surface area contributed by atoms with Crippen LogP contribution < -0.4 is 5.73 Å². The van der Waals surface area contributed by atoms with Gasteiger partial charge in [0.2, 0.25) is 0 Å². The van der Waals surface area contributed by atoms with Crippen molar-refractivity contribution in [3.63, 3.8) is 0 Å². The molecule has 2 rings (SSSR count). The summed E-state index contributed by atoms with van der Waals surface area (Å²) >= 11 is 0. The average Bonchev–Trinajstić information content (AvgIpc) is 2.57. The number of nitrogens with zero attached hydrogens (tertiary/aromatic N) is 3. The molecule has 0 fully saturated rings. The minimum atomic E-state index is 0.676. The predicted molar refractivity (Wildman–Crippen MR) is 55.2 cm³/mol.